The molecule has 6 nitrogen and oxygen atoms in total. The molecular formula is C22H21N3O3. The first-order chi connectivity index (χ1) is 13.7. The maximum atomic E-state index is 9.29. The predicted octanol–water partition coefficient (Wildman–Crippen LogP) is 4.39. The lowest BCUT2D eigenvalue weighted by Gasteiger charge is -2.09. The topological polar surface area (TPSA) is 80.3 Å². The van der Waals surface area contributed by atoms with Gasteiger partial charge in [0.2, 0.25) is 17.5 Å². The summed E-state index contributed by atoms with van der Waals surface area (Å²) in [5, 5.41) is 12.4. The van der Waals surface area contributed by atoms with E-state index < -0.39 is 0 Å². The van der Waals surface area contributed by atoms with E-state index in [2.05, 4.69) is 16.4 Å². The fourth-order valence-corrected chi connectivity index (χ4v) is 2.69. The molecule has 0 unspecified atom stereocenters. The molecule has 0 amide bonds. The van der Waals surface area contributed by atoms with E-state index in [-0.39, 0.29) is 5.69 Å². The number of nitriles is 1. The number of ether oxygens (including phenoxy) is 2. The van der Waals surface area contributed by atoms with Crippen molar-refractivity contribution in [1.82, 2.24) is 4.98 Å². The van der Waals surface area contributed by atoms with Gasteiger partial charge in [0.1, 0.15) is 6.07 Å². The molecule has 0 bridgehead atoms. The highest BCUT2D eigenvalue weighted by Gasteiger charge is 2.11. The summed E-state index contributed by atoms with van der Waals surface area (Å²) in [4.78, 5) is 4.21. The summed E-state index contributed by atoms with van der Waals surface area (Å²) < 4.78 is 16.2. The molecule has 0 fully saturated rings. The maximum Gasteiger partial charge on any atom is 0.232 e. The van der Waals surface area contributed by atoms with E-state index in [1.54, 1.807) is 20.3 Å². The minimum Gasteiger partial charge on any atom is -0.493 e. The Hall–Kier alpha value is -3.72. The number of benzene rings is 2. The van der Waals surface area contributed by atoms with Gasteiger partial charge in [0.25, 0.3) is 0 Å². The van der Waals surface area contributed by atoms with E-state index in [0.29, 0.717) is 29.8 Å². The number of nitrogens with zero attached hydrogens (tertiary/aromatic N) is 2. The summed E-state index contributed by atoms with van der Waals surface area (Å²) in [7, 11) is 3.22. The molecule has 0 spiro atoms. The highest BCUT2D eigenvalue weighted by molar-refractivity contribution is 5.67. The van der Waals surface area contributed by atoms with Crippen molar-refractivity contribution in [1.29, 1.82) is 5.26 Å². The third-order valence-corrected chi connectivity index (χ3v) is 4.11. The van der Waals surface area contributed by atoms with Crippen LogP contribution in [-0.4, -0.2) is 25.7 Å². The van der Waals surface area contributed by atoms with Crippen molar-refractivity contribution >= 4 is 18.0 Å². The van der Waals surface area contributed by atoms with Crippen LogP contribution in [-0.2, 0) is 6.42 Å². The van der Waals surface area contributed by atoms with Crippen molar-refractivity contribution < 1.29 is 13.9 Å². The first kappa shape index (κ1) is 19.1. The van der Waals surface area contributed by atoms with Crippen molar-refractivity contribution in [3.8, 4) is 17.6 Å². The number of oxazole rings is 1. The average molecular weight is 375 g/mol. The zero-order chi connectivity index (χ0) is 19.8. The largest absolute Gasteiger partial charge is 0.493 e. The van der Waals surface area contributed by atoms with Crippen molar-refractivity contribution in [2.45, 2.75) is 6.42 Å². The van der Waals surface area contributed by atoms with E-state index in [9.17, 15) is 5.26 Å². The number of hydrogen-bond donors (Lipinski definition) is 1. The molecule has 3 aromatic rings. The van der Waals surface area contributed by atoms with Crippen LogP contribution in [0.4, 0.5) is 5.88 Å². The summed E-state index contributed by atoms with van der Waals surface area (Å²) in [6, 6.07) is 17.7. The Labute approximate surface area is 164 Å². The van der Waals surface area contributed by atoms with Gasteiger partial charge in [-0.2, -0.15) is 10.2 Å². The van der Waals surface area contributed by atoms with Crippen LogP contribution in [0.5, 0.6) is 11.5 Å². The smallest absolute Gasteiger partial charge is 0.232 e. The minimum atomic E-state index is 0.236. The SMILES string of the molecule is COc1ccc(CCNc2oc(C=Cc3ccccc3)nc2C#N)cc1OC. The highest BCUT2D eigenvalue weighted by atomic mass is 16.5. The molecule has 0 saturated heterocycles. The molecule has 0 aliphatic heterocycles. The summed E-state index contributed by atoms with van der Waals surface area (Å²) in [6.07, 6.45) is 4.36. The molecule has 0 aliphatic carbocycles. The third kappa shape index (κ3) is 4.71. The molecule has 28 heavy (non-hydrogen) atoms. The number of methoxy groups -OCH3 is 2. The normalized spacial score (nSPS) is 10.6. The Morgan fingerprint density at radius 1 is 1.07 bits per heavy atom. The molecule has 1 N–H and O–H groups in total. The van der Waals surface area contributed by atoms with E-state index in [4.69, 9.17) is 13.9 Å². The lowest BCUT2D eigenvalue weighted by molar-refractivity contribution is 0.354. The molecular weight excluding hydrogens is 354 g/mol. The molecule has 142 valence electrons. The van der Waals surface area contributed by atoms with Crippen LogP contribution < -0.4 is 14.8 Å². The number of anilines is 1. The number of hydrogen-bond acceptors (Lipinski definition) is 6. The molecule has 1 aromatic heterocycles. The molecule has 3 rings (SSSR count). The van der Waals surface area contributed by atoms with E-state index in [1.165, 1.54) is 0 Å². The lowest BCUT2D eigenvalue weighted by Crippen LogP contribution is -2.05. The molecule has 0 aliphatic rings. The Morgan fingerprint density at radius 2 is 1.86 bits per heavy atom. The molecule has 6 heteroatoms. The predicted molar refractivity (Wildman–Crippen MR) is 108 cm³/mol. The van der Waals surface area contributed by atoms with Crippen molar-refractivity contribution in [3.63, 3.8) is 0 Å². The van der Waals surface area contributed by atoms with Gasteiger partial charge in [-0.3, -0.25) is 0 Å². The average Bonchev–Trinajstić information content (AvgIpc) is 3.15. The molecule has 1 heterocycles. The molecule has 0 atom stereocenters. The summed E-state index contributed by atoms with van der Waals surface area (Å²) in [5.74, 6) is 2.13. The van der Waals surface area contributed by atoms with Gasteiger partial charge < -0.3 is 19.2 Å². The van der Waals surface area contributed by atoms with E-state index in [1.807, 2.05) is 54.6 Å². The Kier molecular flexibility index (Phi) is 6.32. The second-order valence-corrected chi connectivity index (χ2v) is 5.95. The molecule has 2 aromatic carbocycles. The van der Waals surface area contributed by atoms with Crippen molar-refractivity contribution in [2.24, 2.45) is 0 Å². The zero-order valence-electron chi connectivity index (χ0n) is 15.8. The number of aromatic nitrogens is 1. The van der Waals surface area contributed by atoms with Gasteiger partial charge >= 0.3 is 0 Å². The maximum absolute atomic E-state index is 9.29. The van der Waals surface area contributed by atoms with Gasteiger partial charge in [-0.1, -0.05) is 36.4 Å². The minimum absolute atomic E-state index is 0.236. The first-order valence-electron chi connectivity index (χ1n) is 8.82. The van der Waals surface area contributed by atoms with Crippen LogP contribution in [0, 0.1) is 11.3 Å². The van der Waals surface area contributed by atoms with Crippen LogP contribution >= 0.6 is 0 Å². The monoisotopic (exact) mass is 375 g/mol. The van der Waals surface area contributed by atoms with E-state index >= 15 is 0 Å². The quantitative estimate of drug-likeness (QED) is 0.629. The molecule has 0 radical (unpaired) electrons. The van der Waals surface area contributed by atoms with Gasteiger partial charge in [0.05, 0.1) is 14.2 Å². The summed E-state index contributed by atoms with van der Waals surface area (Å²) in [5.41, 5.74) is 2.34. The van der Waals surface area contributed by atoms with Gasteiger partial charge in [0, 0.05) is 12.6 Å². The summed E-state index contributed by atoms with van der Waals surface area (Å²) >= 11 is 0. The zero-order valence-corrected chi connectivity index (χ0v) is 15.8. The standard InChI is InChI=1S/C22H21N3O3/c1-26-19-10-8-17(14-20(19)27-2)12-13-24-22-18(15-23)25-21(28-22)11-9-16-6-4-3-5-7-16/h3-11,14,24H,12-13H2,1-2H3. The second-order valence-electron chi connectivity index (χ2n) is 5.95. The Morgan fingerprint density at radius 3 is 2.57 bits per heavy atom. The summed E-state index contributed by atoms with van der Waals surface area (Å²) in [6.45, 7) is 0.585. The van der Waals surface area contributed by atoms with Gasteiger partial charge in [-0.15, -0.1) is 0 Å². The Balaban J connectivity index is 1.64. The van der Waals surface area contributed by atoms with Gasteiger partial charge in [-0.25, -0.2) is 0 Å². The third-order valence-electron chi connectivity index (χ3n) is 4.11. The van der Waals surface area contributed by atoms with Gasteiger partial charge in [-0.05, 0) is 35.8 Å². The van der Waals surface area contributed by atoms with Crippen LogP contribution in [0.3, 0.4) is 0 Å². The van der Waals surface area contributed by atoms with Crippen molar-refractivity contribution in [2.75, 3.05) is 26.1 Å². The lowest BCUT2D eigenvalue weighted by atomic mass is 10.1. The van der Waals surface area contributed by atoms with Crippen LogP contribution in [0.1, 0.15) is 22.7 Å². The van der Waals surface area contributed by atoms with Crippen molar-refractivity contribution in [3.05, 3.63) is 71.2 Å². The fourth-order valence-electron chi connectivity index (χ4n) is 2.69. The highest BCUT2D eigenvalue weighted by Crippen LogP contribution is 2.27. The van der Waals surface area contributed by atoms with Crippen LogP contribution in [0.15, 0.2) is 52.9 Å². The first-order valence-corrected chi connectivity index (χ1v) is 8.82. The number of nitrogens with one attached hydrogen (secondary N) is 1. The fraction of sp³-hybridized carbons (Fsp3) is 0.182. The Bertz CT molecular complexity index is 988. The van der Waals surface area contributed by atoms with Crippen LogP contribution in [0.2, 0.25) is 0 Å². The van der Waals surface area contributed by atoms with Gasteiger partial charge in [0.15, 0.2) is 11.5 Å². The molecule has 0 saturated carbocycles. The van der Waals surface area contributed by atoms with Crippen LogP contribution in [0.25, 0.3) is 12.2 Å². The van der Waals surface area contributed by atoms with E-state index in [0.717, 1.165) is 17.5 Å². The number of rotatable bonds is 8. The second kappa shape index (κ2) is 9.28.